The van der Waals surface area contributed by atoms with Crippen LogP contribution in [0.1, 0.15) is 20.8 Å². The number of ether oxygens (including phenoxy) is 1. The molecule has 1 aromatic heterocycles. The van der Waals surface area contributed by atoms with Crippen LogP contribution in [0.3, 0.4) is 0 Å². The Morgan fingerprint density at radius 2 is 1.90 bits per heavy atom. The summed E-state index contributed by atoms with van der Waals surface area (Å²) in [6.45, 7) is 2.31. The Bertz CT molecular complexity index is 790. The van der Waals surface area contributed by atoms with Crippen molar-refractivity contribution in [2.75, 3.05) is 5.73 Å². The van der Waals surface area contributed by atoms with Gasteiger partial charge in [-0.3, -0.25) is 0 Å². The third-order valence-electron chi connectivity index (χ3n) is 3.23. The van der Waals surface area contributed by atoms with E-state index in [2.05, 4.69) is 0 Å². The predicted molar refractivity (Wildman–Crippen MR) is 86.5 cm³/mol. The molecule has 0 saturated carbocycles. The Morgan fingerprint density at radius 3 is 2.67 bits per heavy atom. The average Bonchev–Trinajstić information content (AvgIpc) is 2.89. The Labute approximate surface area is 127 Å². The second kappa shape index (κ2) is 5.58. The number of thiophene rings is 1. The standard InChI is InChI=1S/C17H15NO2S/c1-11-2-4-12(5-3-11)10-20-17(19)16-9-13-8-14(18)6-7-15(13)21-16/h2-9H,10,18H2,1H3. The molecule has 21 heavy (non-hydrogen) atoms. The van der Waals surface area contributed by atoms with Crippen molar-refractivity contribution < 1.29 is 9.53 Å². The number of esters is 1. The van der Waals surface area contributed by atoms with Gasteiger partial charge in [-0.1, -0.05) is 29.8 Å². The lowest BCUT2D eigenvalue weighted by molar-refractivity contribution is 0.0478. The molecular weight excluding hydrogens is 282 g/mol. The van der Waals surface area contributed by atoms with Crippen LogP contribution < -0.4 is 5.73 Å². The number of hydrogen-bond donors (Lipinski definition) is 1. The number of hydrogen-bond acceptors (Lipinski definition) is 4. The Morgan fingerprint density at radius 1 is 1.14 bits per heavy atom. The summed E-state index contributed by atoms with van der Waals surface area (Å²) in [4.78, 5) is 12.7. The first kappa shape index (κ1) is 13.6. The van der Waals surface area contributed by atoms with E-state index in [-0.39, 0.29) is 12.6 Å². The van der Waals surface area contributed by atoms with Gasteiger partial charge in [0.1, 0.15) is 11.5 Å². The minimum Gasteiger partial charge on any atom is -0.457 e. The number of rotatable bonds is 3. The summed E-state index contributed by atoms with van der Waals surface area (Å²) in [5.41, 5.74) is 8.61. The fraction of sp³-hybridized carbons (Fsp3) is 0.118. The SMILES string of the molecule is Cc1ccc(COC(=O)c2cc3cc(N)ccc3s2)cc1. The summed E-state index contributed by atoms with van der Waals surface area (Å²) < 4.78 is 6.39. The molecule has 0 amide bonds. The largest absolute Gasteiger partial charge is 0.457 e. The third kappa shape index (κ3) is 3.06. The molecule has 2 N–H and O–H groups in total. The molecular formula is C17H15NO2S. The second-order valence-corrected chi connectivity index (χ2v) is 6.05. The number of nitrogen functional groups attached to an aromatic ring is 1. The van der Waals surface area contributed by atoms with E-state index in [9.17, 15) is 4.79 Å². The maximum atomic E-state index is 12.1. The zero-order valence-electron chi connectivity index (χ0n) is 11.6. The number of fused-ring (bicyclic) bond motifs is 1. The lowest BCUT2D eigenvalue weighted by Crippen LogP contribution is -2.02. The summed E-state index contributed by atoms with van der Waals surface area (Å²) >= 11 is 1.42. The molecule has 0 spiro atoms. The number of anilines is 1. The summed E-state index contributed by atoms with van der Waals surface area (Å²) in [6.07, 6.45) is 0. The molecule has 3 nitrogen and oxygen atoms in total. The van der Waals surface area contributed by atoms with Crippen LogP contribution in [0.15, 0.2) is 48.5 Å². The third-order valence-corrected chi connectivity index (χ3v) is 4.33. The highest BCUT2D eigenvalue weighted by Gasteiger charge is 2.12. The van der Waals surface area contributed by atoms with Crippen LogP contribution >= 0.6 is 11.3 Å². The van der Waals surface area contributed by atoms with Gasteiger partial charge >= 0.3 is 5.97 Å². The monoisotopic (exact) mass is 297 g/mol. The Kier molecular flexibility index (Phi) is 3.62. The highest BCUT2D eigenvalue weighted by molar-refractivity contribution is 7.20. The van der Waals surface area contributed by atoms with Crippen molar-refractivity contribution in [2.45, 2.75) is 13.5 Å². The molecule has 3 rings (SSSR count). The van der Waals surface area contributed by atoms with E-state index in [0.717, 1.165) is 15.6 Å². The summed E-state index contributed by atoms with van der Waals surface area (Å²) in [7, 11) is 0. The molecule has 0 bridgehead atoms. The number of benzene rings is 2. The number of aryl methyl sites for hydroxylation is 1. The van der Waals surface area contributed by atoms with Gasteiger partial charge in [-0.2, -0.15) is 0 Å². The first-order valence-electron chi connectivity index (χ1n) is 6.63. The van der Waals surface area contributed by atoms with Crippen LogP contribution in [0.5, 0.6) is 0 Å². The summed E-state index contributed by atoms with van der Waals surface area (Å²) in [5.74, 6) is -0.296. The number of carbonyl (C=O) groups excluding carboxylic acids is 1. The van der Waals surface area contributed by atoms with Crippen molar-refractivity contribution in [3.63, 3.8) is 0 Å². The average molecular weight is 297 g/mol. The molecule has 0 saturated heterocycles. The normalized spacial score (nSPS) is 10.7. The molecule has 1 heterocycles. The molecule has 0 aliphatic carbocycles. The highest BCUT2D eigenvalue weighted by atomic mass is 32.1. The van der Waals surface area contributed by atoms with Crippen molar-refractivity contribution in [1.29, 1.82) is 0 Å². The van der Waals surface area contributed by atoms with Gasteiger partial charge in [0.05, 0.1) is 0 Å². The molecule has 0 atom stereocenters. The zero-order valence-corrected chi connectivity index (χ0v) is 12.4. The minimum absolute atomic E-state index is 0.287. The van der Waals surface area contributed by atoms with Crippen molar-refractivity contribution in [2.24, 2.45) is 0 Å². The van der Waals surface area contributed by atoms with Crippen molar-refractivity contribution in [3.05, 3.63) is 64.5 Å². The van der Waals surface area contributed by atoms with Crippen LogP contribution in [-0.4, -0.2) is 5.97 Å². The van der Waals surface area contributed by atoms with E-state index < -0.39 is 0 Å². The van der Waals surface area contributed by atoms with Gasteiger partial charge < -0.3 is 10.5 Å². The van der Waals surface area contributed by atoms with E-state index in [1.807, 2.05) is 55.5 Å². The van der Waals surface area contributed by atoms with Gasteiger partial charge in [-0.05, 0) is 42.1 Å². The van der Waals surface area contributed by atoms with Gasteiger partial charge in [-0.15, -0.1) is 11.3 Å². The van der Waals surface area contributed by atoms with E-state index in [4.69, 9.17) is 10.5 Å². The van der Waals surface area contributed by atoms with Gasteiger partial charge in [0.2, 0.25) is 0 Å². The smallest absolute Gasteiger partial charge is 0.348 e. The van der Waals surface area contributed by atoms with Crippen LogP contribution in [0, 0.1) is 6.92 Å². The second-order valence-electron chi connectivity index (χ2n) is 4.97. The quantitative estimate of drug-likeness (QED) is 0.583. The van der Waals surface area contributed by atoms with Crippen LogP contribution in [-0.2, 0) is 11.3 Å². The van der Waals surface area contributed by atoms with Gasteiger partial charge in [-0.25, -0.2) is 4.79 Å². The zero-order chi connectivity index (χ0) is 14.8. The van der Waals surface area contributed by atoms with E-state index in [1.54, 1.807) is 0 Å². The van der Waals surface area contributed by atoms with Gasteiger partial charge in [0.25, 0.3) is 0 Å². The van der Waals surface area contributed by atoms with Crippen molar-refractivity contribution in [3.8, 4) is 0 Å². The first-order valence-corrected chi connectivity index (χ1v) is 7.45. The van der Waals surface area contributed by atoms with Crippen LogP contribution in [0.25, 0.3) is 10.1 Å². The highest BCUT2D eigenvalue weighted by Crippen LogP contribution is 2.28. The lowest BCUT2D eigenvalue weighted by atomic mass is 10.2. The predicted octanol–water partition coefficient (Wildman–Crippen LogP) is 4.15. The minimum atomic E-state index is -0.296. The van der Waals surface area contributed by atoms with E-state index in [0.29, 0.717) is 10.6 Å². The molecule has 106 valence electrons. The molecule has 0 aliphatic rings. The number of carbonyl (C=O) groups is 1. The van der Waals surface area contributed by atoms with Crippen molar-refractivity contribution in [1.82, 2.24) is 0 Å². The van der Waals surface area contributed by atoms with Gasteiger partial charge in [0.15, 0.2) is 0 Å². The fourth-order valence-corrected chi connectivity index (χ4v) is 3.00. The molecule has 4 heteroatoms. The maximum absolute atomic E-state index is 12.1. The molecule has 0 fully saturated rings. The summed E-state index contributed by atoms with van der Waals surface area (Å²) in [5, 5.41) is 0.974. The first-order chi connectivity index (χ1) is 10.1. The van der Waals surface area contributed by atoms with Gasteiger partial charge in [0, 0.05) is 10.4 Å². The van der Waals surface area contributed by atoms with Crippen LogP contribution in [0.2, 0.25) is 0 Å². The molecule has 0 radical (unpaired) electrons. The topological polar surface area (TPSA) is 52.3 Å². The van der Waals surface area contributed by atoms with Crippen LogP contribution in [0.4, 0.5) is 5.69 Å². The molecule has 0 unspecified atom stereocenters. The lowest BCUT2D eigenvalue weighted by Gasteiger charge is -2.03. The molecule has 3 aromatic rings. The summed E-state index contributed by atoms with van der Waals surface area (Å²) in [6, 6.07) is 15.4. The number of nitrogens with two attached hydrogens (primary N) is 1. The maximum Gasteiger partial charge on any atom is 0.348 e. The fourth-order valence-electron chi connectivity index (χ4n) is 2.07. The van der Waals surface area contributed by atoms with E-state index in [1.165, 1.54) is 16.9 Å². The molecule has 0 aliphatic heterocycles. The van der Waals surface area contributed by atoms with Crippen molar-refractivity contribution >= 4 is 33.1 Å². The Balaban J connectivity index is 1.73. The van der Waals surface area contributed by atoms with E-state index >= 15 is 0 Å². The Hall–Kier alpha value is -2.33. The molecule has 2 aromatic carbocycles.